The number of rotatable bonds is 8. The number of nitrogens with one attached hydrogen (secondary N) is 1. The molecule has 120 valence electrons. The van der Waals surface area contributed by atoms with Crippen molar-refractivity contribution in [3.8, 4) is 0 Å². The summed E-state index contributed by atoms with van der Waals surface area (Å²) in [5, 5.41) is 8.95. The molecule has 7 nitrogen and oxygen atoms in total. The molecule has 0 aliphatic carbocycles. The quantitative estimate of drug-likeness (QED) is 0.753. The fraction of sp³-hybridized carbons (Fsp3) is 0.692. The Balaban J connectivity index is 2.89. The number of carboxylic acid groups (broad SMARTS) is 1. The second-order valence-electron chi connectivity index (χ2n) is 5.94. The molecule has 0 radical (unpaired) electrons. The van der Waals surface area contributed by atoms with Crippen molar-refractivity contribution in [3.05, 3.63) is 12.5 Å². The van der Waals surface area contributed by atoms with Crippen LogP contribution in [0.15, 0.2) is 17.6 Å². The summed E-state index contributed by atoms with van der Waals surface area (Å²) in [6.07, 6.45) is 3.07. The molecule has 0 spiro atoms. The van der Waals surface area contributed by atoms with Crippen molar-refractivity contribution >= 4 is 16.0 Å². The molecule has 1 aromatic rings. The van der Waals surface area contributed by atoms with E-state index in [1.165, 1.54) is 12.5 Å². The number of aromatic nitrogens is 2. The maximum Gasteiger partial charge on any atom is 0.321 e. The van der Waals surface area contributed by atoms with Crippen LogP contribution in [0.3, 0.4) is 0 Å². The molecular formula is C13H23N3O4S. The molecule has 8 heteroatoms. The Morgan fingerprint density at radius 3 is 2.43 bits per heavy atom. The van der Waals surface area contributed by atoms with E-state index in [-0.39, 0.29) is 17.4 Å². The van der Waals surface area contributed by atoms with E-state index >= 15 is 0 Å². The molecule has 0 amide bonds. The number of nitrogens with zero attached hydrogens (tertiary/aromatic N) is 2. The lowest BCUT2D eigenvalue weighted by atomic mass is 10.1. The van der Waals surface area contributed by atoms with Crippen LogP contribution in [0, 0.1) is 11.8 Å². The van der Waals surface area contributed by atoms with Crippen LogP contribution in [-0.2, 0) is 21.4 Å². The molecule has 0 saturated carbocycles. The molecular weight excluding hydrogens is 294 g/mol. The summed E-state index contributed by atoms with van der Waals surface area (Å²) in [4.78, 5) is 15.0. The third kappa shape index (κ3) is 5.47. The minimum atomic E-state index is -3.93. The molecule has 1 rings (SSSR count). The van der Waals surface area contributed by atoms with E-state index in [0.717, 1.165) is 0 Å². The molecule has 21 heavy (non-hydrogen) atoms. The molecule has 0 aliphatic heterocycles. The lowest BCUT2D eigenvalue weighted by Gasteiger charge is -2.15. The summed E-state index contributed by atoms with van der Waals surface area (Å²) in [5.74, 6) is -0.767. The molecule has 0 aromatic carbocycles. The monoisotopic (exact) mass is 317 g/mol. The number of carbonyl (C=O) groups is 1. The molecule has 0 aliphatic rings. The predicted octanol–water partition coefficient (Wildman–Crippen LogP) is 1.32. The van der Waals surface area contributed by atoms with E-state index < -0.39 is 22.0 Å². The summed E-state index contributed by atoms with van der Waals surface area (Å²) in [6.45, 7) is 8.34. The van der Waals surface area contributed by atoms with Crippen molar-refractivity contribution in [2.45, 2.75) is 51.7 Å². The zero-order valence-electron chi connectivity index (χ0n) is 12.8. The first-order valence-corrected chi connectivity index (χ1v) is 8.37. The Morgan fingerprint density at radius 2 is 1.95 bits per heavy atom. The van der Waals surface area contributed by atoms with Crippen molar-refractivity contribution in [2.24, 2.45) is 11.8 Å². The highest BCUT2D eigenvalue weighted by Gasteiger charge is 2.27. The summed E-state index contributed by atoms with van der Waals surface area (Å²) in [6, 6.07) is -1.15. The summed E-state index contributed by atoms with van der Waals surface area (Å²) >= 11 is 0. The van der Waals surface area contributed by atoms with Crippen LogP contribution in [0.5, 0.6) is 0 Å². The third-order valence-corrected chi connectivity index (χ3v) is 4.12. The lowest BCUT2D eigenvalue weighted by Crippen LogP contribution is -2.41. The van der Waals surface area contributed by atoms with E-state index in [2.05, 4.69) is 9.71 Å². The van der Waals surface area contributed by atoms with Gasteiger partial charge in [0.2, 0.25) is 0 Å². The van der Waals surface area contributed by atoms with E-state index in [0.29, 0.717) is 12.5 Å². The SMILES string of the molecule is CC(C)CC(NS(=O)(=O)c1cn(CC(C)C)cn1)C(=O)O. The predicted molar refractivity (Wildman–Crippen MR) is 78.3 cm³/mol. The molecule has 0 fully saturated rings. The summed E-state index contributed by atoms with van der Waals surface area (Å²) < 4.78 is 28.2. The average Bonchev–Trinajstić information content (AvgIpc) is 2.75. The van der Waals surface area contributed by atoms with Crippen LogP contribution in [-0.4, -0.2) is 35.1 Å². The largest absolute Gasteiger partial charge is 0.480 e. The van der Waals surface area contributed by atoms with Gasteiger partial charge in [-0.3, -0.25) is 4.79 Å². The van der Waals surface area contributed by atoms with Crippen LogP contribution >= 0.6 is 0 Å². The highest BCUT2D eigenvalue weighted by Crippen LogP contribution is 2.11. The molecule has 1 unspecified atom stereocenters. The van der Waals surface area contributed by atoms with Crippen LogP contribution in [0.4, 0.5) is 0 Å². The Morgan fingerprint density at radius 1 is 1.33 bits per heavy atom. The lowest BCUT2D eigenvalue weighted by molar-refractivity contribution is -0.139. The first-order chi connectivity index (χ1) is 9.61. The summed E-state index contributed by atoms with van der Waals surface area (Å²) in [5.41, 5.74) is 0. The second kappa shape index (κ2) is 7.04. The van der Waals surface area contributed by atoms with Crippen LogP contribution in [0.25, 0.3) is 0 Å². The van der Waals surface area contributed by atoms with E-state index in [4.69, 9.17) is 5.11 Å². The van der Waals surface area contributed by atoms with E-state index in [1.54, 1.807) is 4.57 Å². The number of sulfonamides is 1. The van der Waals surface area contributed by atoms with Crippen molar-refractivity contribution in [1.82, 2.24) is 14.3 Å². The molecule has 1 atom stereocenters. The Hall–Kier alpha value is -1.41. The van der Waals surface area contributed by atoms with Gasteiger partial charge in [0.1, 0.15) is 6.04 Å². The minimum Gasteiger partial charge on any atom is -0.480 e. The van der Waals surface area contributed by atoms with Gasteiger partial charge in [0.15, 0.2) is 5.03 Å². The van der Waals surface area contributed by atoms with Gasteiger partial charge in [0.25, 0.3) is 10.0 Å². The van der Waals surface area contributed by atoms with Gasteiger partial charge in [-0.25, -0.2) is 13.4 Å². The maximum atomic E-state index is 12.2. The molecule has 0 saturated heterocycles. The van der Waals surface area contributed by atoms with Gasteiger partial charge < -0.3 is 9.67 Å². The standard InChI is InChI=1S/C13H23N3O4S/c1-9(2)5-11(13(17)18)15-21(19,20)12-7-16(8-14-12)6-10(3)4/h7-11,15H,5-6H2,1-4H3,(H,17,18). The average molecular weight is 317 g/mol. The van der Waals surface area contributed by atoms with Gasteiger partial charge in [-0.05, 0) is 18.3 Å². The number of carboxylic acids is 1. The van der Waals surface area contributed by atoms with Gasteiger partial charge in [0.05, 0.1) is 6.33 Å². The van der Waals surface area contributed by atoms with Crippen LogP contribution < -0.4 is 4.72 Å². The van der Waals surface area contributed by atoms with E-state index in [9.17, 15) is 13.2 Å². The molecule has 1 aromatic heterocycles. The van der Waals surface area contributed by atoms with Gasteiger partial charge >= 0.3 is 5.97 Å². The third-order valence-electron chi connectivity index (χ3n) is 2.76. The van der Waals surface area contributed by atoms with Gasteiger partial charge in [-0.1, -0.05) is 27.7 Å². The highest BCUT2D eigenvalue weighted by atomic mass is 32.2. The zero-order chi connectivity index (χ0) is 16.2. The van der Waals surface area contributed by atoms with Crippen LogP contribution in [0.2, 0.25) is 0 Å². The Kier molecular flexibility index (Phi) is 5.91. The van der Waals surface area contributed by atoms with Crippen molar-refractivity contribution in [1.29, 1.82) is 0 Å². The topological polar surface area (TPSA) is 101 Å². The van der Waals surface area contributed by atoms with Gasteiger partial charge in [0, 0.05) is 12.7 Å². The number of imidazole rings is 1. The molecule has 0 bridgehead atoms. The first kappa shape index (κ1) is 17.6. The number of hydrogen-bond acceptors (Lipinski definition) is 4. The normalized spacial score (nSPS) is 13.8. The Labute approximate surface area is 125 Å². The fourth-order valence-electron chi connectivity index (χ4n) is 1.92. The molecule has 2 N–H and O–H groups in total. The Bertz CT molecular complexity index is 578. The smallest absolute Gasteiger partial charge is 0.321 e. The van der Waals surface area contributed by atoms with Gasteiger partial charge in [-0.2, -0.15) is 4.72 Å². The van der Waals surface area contributed by atoms with Crippen molar-refractivity contribution in [2.75, 3.05) is 0 Å². The second-order valence-corrected chi connectivity index (χ2v) is 7.61. The zero-order valence-corrected chi connectivity index (χ0v) is 13.6. The highest BCUT2D eigenvalue weighted by molar-refractivity contribution is 7.89. The number of hydrogen-bond donors (Lipinski definition) is 2. The maximum absolute atomic E-state index is 12.2. The van der Waals surface area contributed by atoms with Crippen LogP contribution in [0.1, 0.15) is 34.1 Å². The first-order valence-electron chi connectivity index (χ1n) is 6.88. The fourth-order valence-corrected chi connectivity index (χ4v) is 3.07. The van der Waals surface area contributed by atoms with Crippen molar-refractivity contribution in [3.63, 3.8) is 0 Å². The summed E-state index contributed by atoms with van der Waals surface area (Å²) in [7, 11) is -3.93. The van der Waals surface area contributed by atoms with E-state index in [1.807, 2.05) is 27.7 Å². The van der Waals surface area contributed by atoms with Crippen molar-refractivity contribution < 1.29 is 18.3 Å². The van der Waals surface area contributed by atoms with Gasteiger partial charge in [-0.15, -0.1) is 0 Å². The minimum absolute atomic E-state index is 0.0623. The number of aliphatic carboxylic acids is 1. The molecule has 1 heterocycles.